The Balaban J connectivity index is 1.89. The number of rotatable bonds is 5. The number of nitrogens with zero attached hydrogens (tertiary/aromatic N) is 1. The molecule has 3 amide bonds. The molecule has 1 aromatic carbocycles. The molecule has 0 spiro atoms. The quantitative estimate of drug-likeness (QED) is 0.621. The molecule has 1 saturated heterocycles. The molecule has 0 radical (unpaired) electrons. The summed E-state index contributed by atoms with van der Waals surface area (Å²) in [7, 11) is 0. The highest BCUT2D eigenvalue weighted by Gasteiger charge is 2.27. The molecule has 0 bridgehead atoms. The van der Waals surface area contributed by atoms with Gasteiger partial charge in [0.15, 0.2) is 0 Å². The van der Waals surface area contributed by atoms with Gasteiger partial charge in [-0.25, -0.2) is 9.59 Å². The number of nitrogens with one attached hydrogen (secondary N) is 1. The Morgan fingerprint density at radius 3 is 2.84 bits per heavy atom. The summed E-state index contributed by atoms with van der Waals surface area (Å²) < 4.78 is 0. The van der Waals surface area contributed by atoms with Gasteiger partial charge in [0.25, 0.3) is 0 Å². The zero-order valence-corrected chi connectivity index (χ0v) is 10.8. The van der Waals surface area contributed by atoms with E-state index in [4.69, 9.17) is 5.11 Å². The van der Waals surface area contributed by atoms with Crippen LogP contribution in [0.2, 0.25) is 0 Å². The number of imide groups is 1. The molecule has 6 nitrogen and oxygen atoms in total. The van der Waals surface area contributed by atoms with Crippen molar-refractivity contribution in [3.8, 4) is 0 Å². The van der Waals surface area contributed by atoms with Gasteiger partial charge in [0.05, 0.1) is 12.1 Å². The third kappa shape index (κ3) is 3.25. The average molecular weight is 280 g/mol. The van der Waals surface area contributed by atoms with Crippen LogP contribution in [0.3, 0.4) is 0 Å². The molecule has 1 fully saturated rings. The molecule has 1 heterocycles. The van der Waals surface area contributed by atoms with Crippen molar-refractivity contribution in [1.82, 2.24) is 10.2 Å². The van der Waals surface area contributed by atoms with Crippen molar-refractivity contribution in [2.45, 2.75) is 4.90 Å². The maximum absolute atomic E-state index is 11.3. The lowest BCUT2D eigenvalue weighted by Gasteiger charge is -2.11. The van der Waals surface area contributed by atoms with E-state index in [1.165, 1.54) is 17.8 Å². The van der Waals surface area contributed by atoms with Crippen LogP contribution >= 0.6 is 11.8 Å². The van der Waals surface area contributed by atoms with E-state index in [9.17, 15) is 14.4 Å². The van der Waals surface area contributed by atoms with Gasteiger partial charge in [-0.15, -0.1) is 11.8 Å². The standard InChI is InChI=1S/C12H12N2O4S/c15-10-7-13-12(18)14(10)4-5-19-9-3-1-2-8(6-9)11(16)17/h1-3,6H,4-5,7H2,(H,13,18)(H,16,17). The van der Waals surface area contributed by atoms with Gasteiger partial charge in [-0.05, 0) is 18.2 Å². The number of carboxylic acids is 1. The molecule has 0 saturated carbocycles. The van der Waals surface area contributed by atoms with Crippen molar-refractivity contribution in [1.29, 1.82) is 0 Å². The SMILES string of the molecule is O=C(O)c1cccc(SCCN2C(=O)CNC2=O)c1. The number of urea groups is 1. The van der Waals surface area contributed by atoms with Crippen molar-refractivity contribution < 1.29 is 19.5 Å². The van der Waals surface area contributed by atoms with Crippen molar-refractivity contribution >= 4 is 29.7 Å². The number of aromatic carboxylic acids is 1. The summed E-state index contributed by atoms with van der Waals surface area (Å²) in [5.41, 5.74) is 0.222. The molecule has 0 atom stereocenters. The predicted molar refractivity (Wildman–Crippen MR) is 69.2 cm³/mol. The summed E-state index contributed by atoms with van der Waals surface area (Å²) in [4.78, 5) is 35.4. The van der Waals surface area contributed by atoms with Crippen molar-refractivity contribution in [2.24, 2.45) is 0 Å². The highest BCUT2D eigenvalue weighted by Crippen LogP contribution is 2.19. The summed E-state index contributed by atoms with van der Waals surface area (Å²) in [6, 6.07) is 6.18. The smallest absolute Gasteiger partial charge is 0.335 e. The van der Waals surface area contributed by atoms with Gasteiger partial charge >= 0.3 is 12.0 Å². The van der Waals surface area contributed by atoms with Crippen LogP contribution in [0, 0.1) is 0 Å². The molecule has 19 heavy (non-hydrogen) atoms. The fourth-order valence-corrected chi connectivity index (χ4v) is 2.55. The van der Waals surface area contributed by atoms with Crippen LogP contribution in [0.1, 0.15) is 10.4 Å². The molecule has 7 heteroatoms. The Kier molecular flexibility index (Phi) is 4.06. The van der Waals surface area contributed by atoms with E-state index in [2.05, 4.69) is 5.32 Å². The highest BCUT2D eigenvalue weighted by molar-refractivity contribution is 7.99. The Morgan fingerprint density at radius 1 is 1.42 bits per heavy atom. The lowest BCUT2D eigenvalue weighted by atomic mass is 10.2. The number of carbonyl (C=O) groups is 3. The second kappa shape index (κ2) is 5.75. The Morgan fingerprint density at radius 2 is 2.21 bits per heavy atom. The Hall–Kier alpha value is -2.02. The molecule has 2 rings (SSSR count). The fourth-order valence-electron chi connectivity index (χ4n) is 1.66. The van der Waals surface area contributed by atoms with Gasteiger partial charge in [-0.3, -0.25) is 9.69 Å². The minimum Gasteiger partial charge on any atom is -0.478 e. The van der Waals surface area contributed by atoms with Crippen LogP contribution in [-0.4, -0.2) is 46.8 Å². The van der Waals surface area contributed by atoms with Crippen molar-refractivity contribution in [3.05, 3.63) is 29.8 Å². The third-order valence-corrected chi connectivity index (χ3v) is 3.58. The number of amides is 3. The molecule has 1 aromatic rings. The predicted octanol–water partition coefficient (Wildman–Crippen LogP) is 1.03. The van der Waals surface area contributed by atoms with E-state index in [1.807, 2.05) is 0 Å². The fraction of sp³-hybridized carbons (Fsp3) is 0.250. The first kappa shape index (κ1) is 13.4. The summed E-state index contributed by atoms with van der Waals surface area (Å²) in [5, 5.41) is 11.3. The summed E-state index contributed by atoms with van der Waals surface area (Å²) in [6.07, 6.45) is 0. The lowest BCUT2D eigenvalue weighted by Crippen LogP contribution is -2.32. The van der Waals surface area contributed by atoms with Gasteiger partial charge in [-0.1, -0.05) is 6.07 Å². The van der Waals surface area contributed by atoms with Gasteiger partial charge < -0.3 is 10.4 Å². The largest absolute Gasteiger partial charge is 0.478 e. The van der Waals surface area contributed by atoms with Crippen LogP contribution in [0.5, 0.6) is 0 Å². The van der Waals surface area contributed by atoms with Gasteiger partial charge in [0, 0.05) is 17.2 Å². The average Bonchev–Trinajstić information content (AvgIpc) is 2.71. The number of thioether (sulfide) groups is 1. The van der Waals surface area contributed by atoms with E-state index in [1.54, 1.807) is 18.2 Å². The second-order valence-electron chi connectivity index (χ2n) is 3.89. The van der Waals surface area contributed by atoms with E-state index in [0.29, 0.717) is 12.3 Å². The Bertz CT molecular complexity index is 516. The molecule has 0 unspecified atom stereocenters. The zero-order chi connectivity index (χ0) is 13.8. The zero-order valence-electron chi connectivity index (χ0n) is 9.96. The van der Waals surface area contributed by atoms with Crippen LogP contribution in [0.25, 0.3) is 0 Å². The maximum atomic E-state index is 11.3. The monoisotopic (exact) mass is 280 g/mol. The maximum Gasteiger partial charge on any atom is 0.335 e. The molecule has 0 aliphatic carbocycles. The van der Waals surface area contributed by atoms with Crippen molar-refractivity contribution in [3.63, 3.8) is 0 Å². The molecular weight excluding hydrogens is 268 g/mol. The summed E-state index contributed by atoms with van der Waals surface area (Å²) in [6.45, 7) is 0.366. The minimum atomic E-state index is -0.975. The summed E-state index contributed by atoms with van der Waals surface area (Å²) in [5.74, 6) is -0.677. The van der Waals surface area contributed by atoms with E-state index < -0.39 is 5.97 Å². The van der Waals surface area contributed by atoms with Crippen LogP contribution < -0.4 is 5.32 Å². The molecule has 1 aliphatic heterocycles. The summed E-state index contributed by atoms with van der Waals surface area (Å²) >= 11 is 1.41. The lowest BCUT2D eigenvalue weighted by molar-refractivity contribution is -0.124. The molecule has 2 N–H and O–H groups in total. The van der Waals surface area contributed by atoms with E-state index >= 15 is 0 Å². The molecule has 100 valence electrons. The van der Waals surface area contributed by atoms with Gasteiger partial charge in [-0.2, -0.15) is 0 Å². The number of hydrogen-bond acceptors (Lipinski definition) is 4. The third-order valence-electron chi connectivity index (χ3n) is 2.60. The topological polar surface area (TPSA) is 86.7 Å². The highest BCUT2D eigenvalue weighted by atomic mass is 32.2. The van der Waals surface area contributed by atoms with Gasteiger partial charge in [0.1, 0.15) is 0 Å². The van der Waals surface area contributed by atoms with E-state index in [0.717, 1.165) is 9.80 Å². The molecular formula is C12H12N2O4S. The number of benzene rings is 1. The second-order valence-corrected chi connectivity index (χ2v) is 5.05. The van der Waals surface area contributed by atoms with Crippen LogP contribution in [-0.2, 0) is 4.79 Å². The van der Waals surface area contributed by atoms with Crippen LogP contribution in [0.4, 0.5) is 4.79 Å². The normalized spacial score (nSPS) is 14.6. The number of carboxylic acid groups (broad SMARTS) is 1. The number of carbonyl (C=O) groups excluding carboxylic acids is 2. The minimum absolute atomic E-state index is 0.0536. The Labute approximate surface area is 113 Å². The first-order valence-electron chi connectivity index (χ1n) is 5.62. The van der Waals surface area contributed by atoms with E-state index in [-0.39, 0.29) is 24.0 Å². The van der Waals surface area contributed by atoms with Crippen LogP contribution in [0.15, 0.2) is 29.2 Å². The first-order valence-corrected chi connectivity index (χ1v) is 6.61. The van der Waals surface area contributed by atoms with Gasteiger partial charge in [0.2, 0.25) is 5.91 Å². The molecule has 1 aliphatic rings. The first-order chi connectivity index (χ1) is 9.08. The van der Waals surface area contributed by atoms with Crippen molar-refractivity contribution in [2.75, 3.05) is 18.8 Å². The molecule has 0 aromatic heterocycles. The number of hydrogen-bond donors (Lipinski definition) is 2.